The van der Waals surface area contributed by atoms with Crippen LogP contribution in [0.25, 0.3) is 16.7 Å². The number of aromatic amines is 1. The van der Waals surface area contributed by atoms with E-state index >= 15 is 0 Å². The smallest absolute Gasteiger partial charge is 0.254 e. The van der Waals surface area contributed by atoms with Gasteiger partial charge in [0, 0.05) is 19.0 Å². The topological polar surface area (TPSA) is 95.9 Å². The summed E-state index contributed by atoms with van der Waals surface area (Å²) in [5.74, 6) is 0.699. The van der Waals surface area contributed by atoms with Crippen LogP contribution in [0.2, 0.25) is 0 Å². The minimum Gasteiger partial charge on any atom is -0.340 e. The van der Waals surface area contributed by atoms with Crippen molar-refractivity contribution in [3.05, 3.63) is 72.3 Å². The van der Waals surface area contributed by atoms with E-state index in [0.29, 0.717) is 17.8 Å². The molecule has 162 valence electrons. The highest BCUT2D eigenvalue weighted by atomic mass is 16.2. The lowest BCUT2D eigenvalue weighted by Crippen LogP contribution is -2.39. The number of H-pyrrole nitrogens is 1. The largest absolute Gasteiger partial charge is 0.340 e. The average Bonchev–Trinajstić information content (AvgIpc) is 3.45. The lowest BCUT2D eigenvalue weighted by Gasteiger charge is -2.34. The molecule has 3 heterocycles. The number of likely N-dealkylation sites (tertiary alicyclic amines) is 1. The summed E-state index contributed by atoms with van der Waals surface area (Å²) in [7, 11) is 0. The summed E-state index contributed by atoms with van der Waals surface area (Å²) in [5.41, 5.74) is 3.97. The van der Waals surface area contributed by atoms with E-state index in [9.17, 15) is 9.59 Å². The molecule has 2 amide bonds. The van der Waals surface area contributed by atoms with E-state index in [4.69, 9.17) is 4.98 Å². The number of carbonyl (C=O) groups excluding carboxylic acids is 2. The van der Waals surface area contributed by atoms with Gasteiger partial charge in [0.25, 0.3) is 5.91 Å². The Bertz CT molecular complexity index is 1240. The Morgan fingerprint density at radius 1 is 1.09 bits per heavy atom. The molecule has 0 aliphatic carbocycles. The standard InChI is InChI=1S/C24H24N6O2/c1-16(31)26-18-14-25-30(15-18)19-11-9-17(10-12-19)24(32)29-13-5-4-8-22(29)23-27-20-6-2-3-7-21(20)28-23/h2-3,6-7,9-12,14-15,22H,4-5,8,13H2,1H3,(H,26,31)(H,27,28)/t22-/m0/s1. The molecule has 1 atom stereocenters. The molecule has 1 saturated heterocycles. The van der Waals surface area contributed by atoms with Crippen LogP contribution in [0, 0.1) is 0 Å². The average molecular weight is 428 g/mol. The SMILES string of the molecule is CC(=O)Nc1cnn(-c2ccc(C(=O)N3CCCC[C@H]3c3nc4ccccc4[nH]3)cc2)c1. The molecule has 8 heteroatoms. The zero-order valence-electron chi connectivity index (χ0n) is 17.8. The Morgan fingerprint density at radius 2 is 1.91 bits per heavy atom. The Hall–Kier alpha value is -3.94. The quantitative estimate of drug-likeness (QED) is 0.512. The summed E-state index contributed by atoms with van der Waals surface area (Å²) in [4.78, 5) is 34.7. The number of imidazole rings is 1. The van der Waals surface area contributed by atoms with E-state index in [1.54, 1.807) is 17.1 Å². The van der Waals surface area contributed by atoms with Crippen LogP contribution in [0.15, 0.2) is 60.9 Å². The van der Waals surface area contributed by atoms with Gasteiger partial charge in [-0.05, 0) is 55.7 Å². The Labute approximate surface area is 185 Å². The van der Waals surface area contributed by atoms with E-state index in [-0.39, 0.29) is 17.9 Å². The molecule has 8 nitrogen and oxygen atoms in total. The normalized spacial score (nSPS) is 16.3. The molecule has 2 N–H and O–H groups in total. The van der Waals surface area contributed by atoms with Gasteiger partial charge < -0.3 is 15.2 Å². The van der Waals surface area contributed by atoms with Gasteiger partial charge in [0.2, 0.25) is 5.91 Å². The van der Waals surface area contributed by atoms with Gasteiger partial charge in [-0.3, -0.25) is 9.59 Å². The summed E-state index contributed by atoms with van der Waals surface area (Å²) < 4.78 is 1.66. The van der Waals surface area contributed by atoms with Crippen molar-refractivity contribution >= 4 is 28.5 Å². The minimum atomic E-state index is -0.147. The second kappa shape index (κ2) is 8.30. The molecular formula is C24H24N6O2. The predicted molar refractivity (Wildman–Crippen MR) is 122 cm³/mol. The number of nitrogens with one attached hydrogen (secondary N) is 2. The first-order chi connectivity index (χ1) is 15.6. The first-order valence-electron chi connectivity index (χ1n) is 10.8. The van der Waals surface area contributed by atoms with Crippen LogP contribution in [-0.2, 0) is 4.79 Å². The van der Waals surface area contributed by atoms with Crippen LogP contribution < -0.4 is 5.32 Å². The fraction of sp³-hybridized carbons (Fsp3) is 0.250. The fourth-order valence-corrected chi connectivity index (χ4v) is 4.24. The number of hydrogen-bond acceptors (Lipinski definition) is 4. The van der Waals surface area contributed by atoms with Crippen LogP contribution in [-0.4, -0.2) is 43.0 Å². The van der Waals surface area contributed by atoms with Gasteiger partial charge in [0.1, 0.15) is 5.82 Å². The first kappa shape index (κ1) is 20.0. The molecule has 4 aromatic rings. The van der Waals surface area contributed by atoms with Crippen LogP contribution in [0.3, 0.4) is 0 Å². The number of hydrogen-bond donors (Lipinski definition) is 2. The summed E-state index contributed by atoms with van der Waals surface area (Å²) in [6, 6.07) is 15.2. The number of rotatable bonds is 4. The zero-order chi connectivity index (χ0) is 22.1. The van der Waals surface area contributed by atoms with Gasteiger partial charge in [-0.2, -0.15) is 5.10 Å². The molecule has 1 aliphatic rings. The summed E-state index contributed by atoms with van der Waals surface area (Å²) in [6.45, 7) is 2.17. The van der Waals surface area contributed by atoms with Crippen molar-refractivity contribution in [2.75, 3.05) is 11.9 Å². The van der Waals surface area contributed by atoms with Crippen molar-refractivity contribution in [1.82, 2.24) is 24.6 Å². The van der Waals surface area contributed by atoms with Crippen molar-refractivity contribution in [1.29, 1.82) is 0 Å². The number of piperidine rings is 1. The van der Waals surface area contributed by atoms with Gasteiger partial charge in [-0.1, -0.05) is 12.1 Å². The summed E-state index contributed by atoms with van der Waals surface area (Å²) in [6.07, 6.45) is 6.27. The van der Waals surface area contributed by atoms with E-state index < -0.39 is 0 Å². The van der Waals surface area contributed by atoms with E-state index in [1.165, 1.54) is 6.92 Å². The van der Waals surface area contributed by atoms with E-state index in [2.05, 4.69) is 15.4 Å². The molecular weight excluding hydrogens is 404 g/mol. The van der Waals surface area contributed by atoms with E-state index in [1.807, 2.05) is 53.4 Å². The van der Waals surface area contributed by atoms with Crippen molar-refractivity contribution in [3.8, 4) is 5.69 Å². The lowest BCUT2D eigenvalue weighted by atomic mass is 10.00. The maximum atomic E-state index is 13.4. The highest BCUT2D eigenvalue weighted by Gasteiger charge is 2.30. The number of amides is 2. The summed E-state index contributed by atoms with van der Waals surface area (Å²) in [5, 5.41) is 6.98. The third-order valence-corrected chi connectivity index (χ3v) is 5.77. The zero-order valence-corrected chi connectivity index (χ0v) is 17.8. The molecule has 0 bridgehead atoms. The third-order valence-electron chi connectivity index (χ3n) is 5.77. The highest BCUT2D eigenvalue weighted by molar-refractivity contribution is 5.95. The van der Waals surface area contributed by atoms with Gasteiger partial charge in [-0.25, -0.2) is 9.67 Å². The molecule has 32 heavy (non-hydrogen) atoms. The number of nitrogens with zero attached hydrogens (tertiary/aromatic N) is 4. The van der Waals surface area contributed by atoms with Gasteiger partial charge in [0.15, 0.2) is 0 Å². The van der Waals surface area contributed by atoms with Crippen molar-refractivity contribution in [3.63, 3.8) is 0 Å². The first-order valence-corrected chi connectivity index (χ1v) is 10.8. The second-order valence-corrected chi connectivity index (χ2v) is 8.05. The van der Waals surface area contributed by atoms with Crippen LogP contribution >= 0.6 is 0 Å². The van der Waals surface area contributed by atoms with Crippen molar-refractivity contribution in [2.45, 2.75) is 32.2 Å². The maximum absolute atomic E-state index is 13.4. The number of para-hydroxylation sites is 2. The summed E-state index contributed by atoms with van der Waals surface area (Å²) >= 11 is 0. The number of benzene rings is 2. The molecule has 1 fully saturated rings. The minimum absolute atomic E-state index is 0.00102. The lowest BCUT2D eigenvalue weighted by molar-refractivity contribution is -0.114. The Balaban J connectivity index is 1.37. The molecule has 0 saturated carbocycles. The monoisotopic (exact) mass is 428 g/mol. The molecule has 5 rings (SSSR count). The predicted octanol–water partition coefficient (Wildman–Crippen LogP) is 4.07. The molecule has 0 radical (unpaired) electrons. The van der Waals surface area contributed by atoms with Crippen molar-refractivity contribution in [2.24, 2.45) is 0 Å². The third kappa shape index (κ3) is 3.87. The number of anilines is 1. The van der Waals surface area contributed by atoms with Crippen LogP contribution in [0.4, 0.5) is 5.69 Å². The Morgan fingerprint density at radius 3 is 2.69 bits per heavy atom. The molecule has 1 aliphatic heterocycles. The second-order valence-electron chi connectivity index (χ2n) is 8.05. The maximum Gasteiger partial charge on any atom is 0.254 e. The van der Waals surface area contributed by atoms with Gasteiger partial charge in [-0.15, -0.1) is 0 Å². The fourth-order valence-electron chi connectivity index (χ4n) is 4.24. The number of aromatic nitrogens is 4. The van der Waals surface area contributed by atoms with Crippen molar-refractivity contribution < 1.29 is 9.59 Å². The molecule has 2 aromatic carbocycles. The Kier molecular flexibility index (Phi) is 5.18. The van der Waals surface area contributed by atoms with Crippen LogP contribution in [0.5, 0.6) is 0 Å². The van der Waals surface area contributed by atoms with E-state index in [0.717, 1.165) is 41.8 Å². The molecule has 2 aromatic heterocycles. The van der Waals surface area contributed by atoms with Gasteiger partial charge in [0.05, 0.1) is 40.8 Å². The molecule has 0 spiro atoms. The number of carbonyl (C=O) groups is 2. The van der Waals surface area contributed by atoms with Gasteiger partial charge >= 0.3 is 0 Å². The van der Waals surface area contributed by atoms with Crippen LogP contribution in [0.1, 0.15) is 48.4 Å². The number of fused-ring (bicyclic) bond motifs is 1. The highest BCUT2D eigenvalue weighted by Crippen LogP contribution is 2.32. The molecule has 0 unspecified atom stereocenters.